The molecule has 0 aliphatic rings. The van der Waals surface area contributed by atoms with Gasteiger partial charge in [-0.05, 0) is 20.8 Å². The molecule has 0 fully saturated rings. The number of carbonyl (C=O) groups excluding carboxylic acids is 1. The molecule has 0 bridgehead atoms. The van der Waals surface area contributed by atoms with Gasteiger partial charge in [-0.3, -0.25) is 9.79 Å². The van der Waals surface area contributed by atoms with E-state index in [0.717, 1.165) is 10.8 Å². The highest BCUT2D eigenvalue weighted by atomic mass is 32.1. The van der Waals surface area contributed by atoms with Gasteiger partial charge in [-0.2, -0.15) is 0 Å². The van der Waals surface area contributed by atoms with Gasteiger partial charge in [0, 0.05) is 39.6 Å². The van der Waals surface area contributed by atoms with Crippen LogP contribution in [0.15, 0.2) is 10.4 Å². The molecule has 0 spiro atoms. The Balaban J connectivity index is 2.50. The van der Waals surface area contributed by atoms with Gasteiger partial charge < -0.3 is 20.9 Å². The standard InChI is InChI=1S/C15H28N6OS/c1-7-17-12(22)15(2,3)10-19-13(16-4)18-8-11-9-23-14(20-11)21(5)6/h9H,7-8,10H2,1-6H3,(H,17,22)(H2,16,18,19). The normalized spacial score (nSPS) is 12.0. The van der Waals surface area contributed by atoms with Crippen LogP contribution in [0.25, 0.3) is 0 Å². The van der Waals surface area contributed by atoms with Gasteiger partial charge in [-0.1, -0.05) is 0 Å². The third kappa shape index (κ3) is 6.05. The predicted molar refractivity (Wildman–Crippen MR) is 97.1 cm³/mol. The molecule has 0 aliphatic carbocycles. The molecule has 0 saturated carbocycles. The molecular weight excluding hydrogens is 312 g/mol. The maximum Gasteiger partial charge on any atom is 0.227 e. The smallest absolute Gasteiger partial charge is 0.227 e. The Bertz CT molecular complexity index is 538. The molecule has 8 heteroatoms. The van der Waals surface area contributed by atoms with Gasteiger partial charge in [0.1, 0.15) is 0 Å². The molecule has 0 aromatic carbocycles. The van der Waals surface area contributed by atoms with Gasteiger partial charge in [-0.15, -0.1) is 11.3 Å². The first-order valence-corrected chi connectivity index (χ1v) is 8.52. The molecule has 0 unspecified atom stereocenters. The zero-order valence-corrected chi connectivity index (χ0v) is 15.7. The van der Waals surface area contributed by atoms with E-state index in [-0.39, 0.29) is 5.91 Å². The number of hydrogen-bond acceptors (Lipinski definition) is 5. The molecule has 1 rings (SSSR count). The first-order valence-electron chi connectivity index (χ1n) is 7.64. The number of hydrogen-bond donors (Lipinski definition) is 3. The quantitative estimate of drug-likeness (QED) is 0.510. The van der Waals surface area contributed by atoms with Crippen LogP contribution < -0.4 is 20.9 Å². The SMILES string of the molecule is CCNC(=O)C(C)(C)CNC(=NC)NCc1csc(N(C)C)n1. The van der Waals surface area contributed by atoms with Crippen LogP contribution in [0.3, 0.4) is 0 Å². The Morgan fingerprint density at radius 2 is 2.04 bits per heavy atom. The lowest BCUT2D eigenvalue weighted by Crippen LogP contribution is -2.47. The second kappa shape index (κ2) is 8.71. The lowest BCUT2D eigenvalue weighted by Gasteiger charge is -2.24. The Hall–Kier alpha value is -1.83. The second-order valence-corrected chi connectivity index (χ2v) is 6.88. The second-order valence-electron chi connectivity index (χ2n) is 6.04. The van der Waals surface area contributed by atoms with Gasteiger partial charge >= 0.3 is 0 Å². The molecule has 0 saturated heterocycles. The summed E-state index contributed by atoms with van der Waals surface area (Å²) in [6.07, 6.45) is 0. The monoisotopic (exact) mass is 340 g/mol. The molecule has 1 aromatic rings. The molecule has 130 valence electrons. The number of thiazole rings is 1. The minimum atomic E-state index is -0.508. The summed E-state index contributed by atoms with van der Waals surface area (Å²) in [4.78, 5) is 22.7. The van der Waals surface area contributed by atoms with E-state index in [1.54, 1.807) is 18.4 Å². The molecule has 7 nitrogen and oxygen atoms in total. The van der Waals surface area contributed by atoms with Crippen molar-refractivity contribution in [1.29, 1.82) is 0 Å². The summed E-state index contributed by atoms with van der Waals surface area (Å²) in [5.74, 6) is 0.680. The van der Waals surface area contributed by atoms with Gasteiger partial charge in [0.15, 0.2) is 11.1 Å². The molecule has 23 heavy (non-hydrogen) atoms. The highest BCUT2D eigenvalue weighted by Crippen LogP contribution is 2.17. The zero-order chi connectivity index (χ0) is 17.5. The summed E-state index contributed by atoms with van der Waals surface area (Å²) >= 11 is 1.61. The molecule has 1 aromatic heterocycles. The molecule has 0 aliphatic heterocycles. The first-order chi connectivity index (χ1) is 10.8. The number of rotatable bonds is 7. The lowest BCUT2D eigenvalue weighted by molar-refractivity contribution is -0.128. The fourth-order valence-electron chi connectivity index (χ4n) is 1.76. The van der Waals surface area contributed by atoms with Crippen LogP contribution in [0.1, 0.15) is 26.5 Å². The van der Waals surface area contributed by atoms with Gasteiger partial charge in [0.25, 0.3) is 0 Å². The largest absolute Gasteiger partial charge is 0.356 e. The van der Waals surface area contributed by atoms with Crippen molar-refractivity contribution in [2.24, 2.45) is 10.4 Å². The number of nitrogens with zero attached hydrogens (tertiary/aromatic N) is 3. The van der Waals surface area contributed by atoms with Crippen molar-refractivity contribution in [3.63, 3.8) is 0 Å². The first kappa shape index (κ1) is 19.2. The van der Waals surface area contributed by atoms with Crippen molar-refractivity contribution in [1.82, 2.24) is 20.9 Å². The van der Waals surface area contributed by atoms with Crippen LogP contribution in [-0.4, -0.2) is 51.1 Å². The van der Waals surface area contributed by atoms with Gasteiger partial charge in [-0.25, -0.2) is 4.98 Å². The van der Waals surface area contributed by atoms with E-state index in [1.807, 2.05) is 45.1 Å². The number of guanidine groups is 1. The van der Waals surface area contributed by atoms with Crippen molar-refractivity contribution in [2.45, 2.75) is 27.3 Å². The number of amides is 1. The summed E-state index contributed by atoms with van der Waals surface area (Å²) in [5.41, 5.74) is 0.455. The average molecular weight is 340 g/mol. The lowest BCUT2D eigenvalue weighted by atomic mass is 9.92. The van der Waals surface area contributed by atoms with Crippen LogP contribution in [-0.2, 0) is 11.3 Å². The van der Waals surface area contributed by atoms with Crippen molar-refractivity contribution < 1.29 is 4.79 Å². The third-order valence-corrected chi connectivity index (χ3v) is 4.29. The van der Waals surface area contributed by atoms with E-state index in [9.17, 15) is 4.79 Å². The van der Waals surface area contributed by atoms with E-state index in [0.29, 0.717) is 25.6 Å². The number of aliphatic imine (C=N–C) groups is 1. The van der Waals surface area contributed by atoms with Gasteiger partial charge in [0.05, 0.1) is 17.7 Å². The third-order valence-electron chi connectivity index (χ3n) is 3.23. The zero-order valence-electron chi connectivity index (χ0n) is 14.9. The number of carbonyl (C=O) groups is 1. The Labute approximate surface area is 142 Å². The summed E-state index contributed by atoms with van der Waals surface area (Å²) in [7, 11) is 5.65. The topological polar surface area (TPSA) is 81.6 Å². The average Bonchev–Trinajstić information content (AvgIpc) is 2.96. The molecule has 0 atom stereocenters. The Morgan fingerprint density at radius 3 is 2.57 bits per heavy atom. The molecule has 3 N–H and O–H groups in total. The van der Waals surface area contributed by atoms with Crippen molar-refractivity contribution in [3.05, 3.63) is 11.1 Å². The maximum atomic E-state index is 12.0. The fourth-order valence-corrected chi connectivity index (χ4v) is 2.52. The highest BCUT2D eigenvalue weighted by molar-refractivity contribution is 7.13. The number of anilines is 1. The van der Waals surface area contributed by atoms with Crippen LogP contribution in [0.2, 0.25) is 0 Å². The van der Waals surface area contributed by atoms with E-state index in [1.165, 1.54) is 0 Å². The van der Waals surface area contributed by atoms with Crippen LogP contribution in [0.4, 0.5) is 5.13 Å². The van der Waals surface area contributed by atoms with E-state index < -0.39 is 5.41 Å². The summed E-state index contributed by atoms with van der Waals surface area (Å²) in [6, 6.07) is 0. The van der Waals surface area contributed by atoms with Crippen LogP contribution in [0.5, 0.6) is 0 Å². The summed E-state index contributed by atoms with van der Waals surface area (Å²) in [5, 5.41) is 12.2. The Morgan fingerprint density at radius 1 is 1.35 bits per heavy atom. The van der Waals surface area contributed by atoms with Crippen LogP contribution in [0, 0.1) is 5.41 Å². The highest BCUT2D eigenvalue weighted by Gasteiger charge is 2.27. The maximum absolute atomic E-state index is 12.0. The number of nitrogens with one attached hydrogen (secondary N) is 3. The molecule has 1 amide bonds. The summed E-state index contributed by atoms with van der Waals surface area (Å²) in [6.45, 7) is 7.44. The van der Waals surface area contributed by atoms with Crippen molar-refractivity contribution in [3.8, 4) is 0 Å². The minimum absolute atomic E-state index is 0.0260. The van der Waals surface area contributed by atoms with Crippen molar-refractivity contribution >= 4 is 28.3 Å². The molecule has 0 radical (unpaired) electrons. The van der Waals surface area contributed by atoms with Crippen molar-refractivity contribution in [2.75, 3.05) is 39.1 Å². The minimum Gasteiger partial charge on any atom is -0.356 e. The number of aromatic nitrogens is 1. The molecule has 1 heterocycles. The molecular formula is C15H28N6OS. The predicted octanol–water partition coefficient (Wildman–Crippen LogP) is 1.04. The Kier molecular flexibility index (Phi) is 7.28. The van der Waals surface area contributed by atoms with Crippen LogP contribution >= 0.6 is 11.3 Å². The fraction of sp³-hybridized carbons (Fsp3) is 0.667. The van der Waals surface area contributed by atoms with E-state index in [2.05, 4.69) is 25.9 Å². The van der Waals surface area contributed by atoms with E-state index >= 15 is 0 Å². The van der Waals surface area contributed by atoms with E-state index in [4.69, 9.17) is 0 Å². The summed E-state index contributed by atoms with van der Waals surface area (Å²) < 4.78 is 0. The van der Waals surface area contributed by atoms with Gasteiger partial charge in [0.2, 0.25) is 5.91 Å².